The number of rotatable bonds is 4. The molecule has 0 aromatic heterocycles. The van der Waals surface area contributed by atoms with Crippen molar-refractivity contribution in [1.29, 1.82) is 0 Å². The maximum Gasteiger partial charge on any atom is 0.335 e. The predicted octanol–water partition coefficient (Wildman–Crippen LogP) is 2.23. The van der Waals surface area contributed by atoms with Gasteiger partial charge in [-0.15, -0.1) is 0 Å². The molecule has 112 valence electrons. The highest BCUT2D eigenvalue weighted by atomic mass is 16.5. The average molecular weight is 289 g/mol. The van der Waals surface area contributed by atoms with Crippen LogP contribution in [0.1, 0.15) is 41.6 Å². The van der Waals surface area contributed by atoms with Crippen LogP contribution >= 0.6 is 0 Å². The van der Waals surface area contributed by atoms with Gasteiger partial charge in [-0.05, 0) is 49.4 Å². The van der Waals surface area contributed by atoms with E-state index in [0.717, 1.165) is 30.5 Å². The number of carboxylic acid groups (broad SMARTS) is 1. The molecule has 1 N–H and O–H groups in total. The number of anilines is 1. The van der Waals surface area contributed by atoms with Crippen LogP contribution < -0.4 is 4.90 Å². The second-order valence-electron chi connectivity index (χ2n) is 5.86. The molecule has 0 bridgehead atoms. The monoisotopic (exact) mass is 289 g/mol. The van der Waals surface area contributed by atoms with Crippen molar-refractivity contribution in [2.24, 2.45) is 0 Å². The Bertz CT molecular complexity index is 586. The molecule has 0 atom stereocenters. The first-order valence-corrected chi connectivity index (χ1v) is 7.26. The molecule has 0 spiro atoms. The molecule has 1 aromatic rings. The van der Waals surface area contributed by atoms with E-state index in [9.17, 15) is 9.59 Å². The number of amides is 1. The van der Waals surface area contributed by atoms with Crippen LogP contribution in [-0.4, -0.2) is 36.2 Å². The fraction of sp³-hybridized carbons (Fsp3) is 0.500. The lowest BCUT2D eigenvalue weighted by Crippen LogP contribution is -2.45. The van der Waals surface area contributed by atoms with Crippen LogP contribution in [0.4, 0.5) is 5.69 Å². The molecule has 1 saturated carbocycles. The quantitative estimate of drug-likeness (QED) is 0.923. The molecule has 1 aliphatic carbocycles. The van der Waals surface area contributed by atoms with Crippen molar-refractivity contribution in [3.05, 3.63) is 29.3 Å². The van der Waals surface area contributed by atoms with E-state index in [-0.39, 0.29) is 17.1 Å². The summed E-state index contributed by atoms with van der Waals surface area (Å²) in [4.78, 5) is 25.3. The van der Waals surface area contributed by atoms with Gasteiger partial charge in [-0.1, -0.05) is 0 Å². The fourth-order valence-electron chi connectivity index (χ4n) is 3.19. The van der Waals surface area contributed by atoms with E-state index in [1.54, 1.807) is 30.2 Å². The topological polar surface area (TPSA) is 66.8 Å². The third-order valence-electron chi connectivity index (χ3n) is 4.69. The number of ether oxygens (including phenoxy) is 1. The normalized spacial score (nSPS) is 19.0. The first-order chi connectivity index (χ1) is 10.0. The Hall–Kier alpha value is -1.88. The van der Waals surface area contributed by atoms with Crippen molar-refractivity contribution < 1.29 is 19.4 Å². The van der Waals surface area contributed by atoms with Gasteiger partial charge in [-0.3, -0.25) is 4.79 Å². The Morgan fingerprint density at radius 3 is 2.71 bits per heavy atom. The Morgan fingerprint density at radius 1 is 1.38 bits per heavy atom. The van der Waals surface area contributed by atoms with Gasteiger partial charge in [0.25, 0.3) is 0 Å². The minimum absolute atomic E-state index is 0.0679. The van der Waals surface area contributed by atoms with E-state index in [4.69, 9.17) is 9.84 Å². The zero-order valence-corrected chi connectivity index (χ0v) is 12.1. The van der Waals surface area contributed by atoms with Crippen molar-refractivity contribution in [2.75, 3.05) is 18.6 Å². The van der Waals surface area contributed by atoms with Crippen LogP contribution in [0.5, 0.6) is 0 Å². The van der Waals surface area contributed by atoms with Gasteiger partial charge in [0, 0.05) is 19.3 Å². The van der Waals surface area contributed by atoms with Gasteiger partial charge in [0.1, 0.15) is 0 Å². The van der Waals surface area contributed by atoms with E-state index in [1.165, 1.54) is 0 Å². The highest BCUT2D eigenvalue weighted by Gasteiger charge is 2.41. The fourth-order valence-corrected chi connectivity index (χ4v) is 3.19. The molecule has 0 radical (unpaired) electrons. The largest absolute Gasteiger partial charge is 0.478 e. The Balaban J connectivity index is 1.77. The minimum atomic E-state index is -0.935. The second-order valence-corrected chi connectivity index (χ2v) is 5.86. The second kappa shape index (κ2) is 5.15. The van der Waals surface area contributed by atoms with Gasteiger partial charge in [0.2, 0.25) is 5.91 Å². The van der Waals surface area contributed by atoms with Crippen molar-refractivity contribution in [1.82, 2.24) is 0 Å². The highest BCUT2D eigenvalue weighted by molar-refractivity contribution is 5.97. The SMILES string of the molecule is COC1(CC(=O)N2CCc3cc(C(=O)O)ccc32)CCC1. The summed E-state index contributed by atoms with van der Waals surface area (Å²) in [5.41, 5.74) is 1.77. The number of methoxy groups -OCH3 is 1. The van der Waals surface area contributed by atoms with Gasteiger partial charge in [0.05, 0.1) is 17.6 Å². The maximum absolute atomic E-state index is 12.5. The van der Waals surface area contributed by atoms with Gasteiger partial charge < -0.3 is 14.7 Å². The van der Waals surface area contributed by atoms with Gasteiger partial charge in [-0.25, -0.2) is 4.79 Å². The van der Waals surface area contributed by atoms with Gasteiger partial charge in [0.15, 0.2) is 0 Å². The summed E-state index contributed by atoms with van der Waals surface area (Å²) in [5.74, 6) is -0.867. The van der Waals surface area contributed by atoms with Crippen molar-refractivity contribution >= 4 is 17.6 Å². The molecule has 1 aromatic carbocycles. The van der Waals surface area contributed by atoms with Crippen LogP contribution in [0, 0.1) is 0 Å². The number of benzene rings is 1. The molecule has 0 unspecified atom stereocenters. The molecule has 1 heterocycles. The van der Waals surface area contributed by atoms with Gasteiger partial charge in [-0.2, -0.15) is 0 Å². The first-order valence-electron chi connectivity index (χ1n) is 7.26. The number of nitrogens with zero attached hydrogens (tertiary/aromatic N) is 1. The number of carboxylic acids is 1. The number of hydrogen-bond acceptors (Lipinski definition) is 3. The van der Waals surface area contributed by atoms with Crippen LogP contribution in [-0.2, 0) is 16.0 Å². The zero-order valence-electron chi connectivity index (χ0n) is 12.1. The lowest BCUT2D eigenvalue weighted by molar-refractivity contribution is -0.131. The van der Waals surface area contributed by atoms with Crippen molar-refractivity contribution in [2.45, 2.75) is 37.7 Å². The van der Waals surface area contributed by atoms with E-state index >= 15 is 0 Å². The summed E-state index contributed by atoms with van der Waals surface area (Å²) in [6.07, 6.45) is 4.10. The number of fused-ring (bicyclic) bond motifs is 1. The molecular weight excluding hydrogens is 270 g/mol. The molecule has 0 saturated heterocycles. The van der Waals surface area contributed by atoms with Crippen LogP contribution in [0.3, 0.4) is 0 Å². The van der Waals surface area contributed by atoms with Crippen LogP contribution in [0.2, 0.25) is 0 Å². The van der Waals surface area contributed by atoms with Crippen molar-refractivity contribution in [3.63, 3.8) is 0 Å². The number of carbonyl (C=O) groups excluding carboxylic acids is 1. The third-order valence-corrected chi connectivity index (χ3v) is 4.69. The van der Waals surface area contributed by atoms with E-state index in [1.807, 2.05) is 0 Å². The van der Waals surface area contributed by atoms with Crippen LogP contribution in [0.25, 0.3) is 0 Å². The highest BCUT2D eigenvalue weighted by Crippen LogP contribution is 2.39. The van der Waals surface area contributed by atoms with Crippen molar-refractivity contribution in [3.8, 4) is 0 Å². The smallest absolute Gasteiger partial charge is 0.335 e. The number of aromatic carboxylic acids is 1. The van der Waals surface area contributed by atoms with Gasteiger partial charge >= 0.3 is 5.97 Å². The molecule has 1 aliphatic heterocycles. The molecule has 5 heteroatoms. The summed E-state index contributed by atoms with van der Waals surface area (Å²) < 4.78 is 5.52. The number of carbonyl (C=O) groups is 2. The Labute approximate surface area is 123 Å². The first kappa shape index (κ1) is 14.1. The molecule has 3 rings (SSSR count). The van der Waals surface area contributed by atoms with E-state index < -0.39 is 5.97 Å². The summed E-state index contributed by atoms with van der Waals surface area (Å²) in [6, 6.07) is 4.96. The standard InChI is InChI=1S/C16H19NO4/c1-21-16(6-2-7-16)10-14(18)17-8-5-11-9-12(15(19)20)3-4-13(11)17/h3-4,9H,2,5-8,10H2,1H3,(H,19,20). The molecule has 5 nitrogen and oxygen atoms in total. The predicted molar refractivity (Wildman–Crippen MR) is 77.7 cm³/mol. The third kappa shape index (κ3) is 2.42. The maximum atomic E-state index is 12.5. The molecular formula is C16H19NO4. The zero-order chi connectivity index (χ0) is 15.0. The van der Waals surface area contributed by atoms with E-state index in [2.05, 4.69) is 0 Å². The minimum Gasteiger partial charge on any atom is -0.478 e. The number of hydrogen-bond donors (Lipinski definition) is 1. The lowest BCUT2D eigenvalue weighted by atomic mass is 9.77. The lowest BCUT2D eigenvalue weighted by Gasteiger charge is -2.40. The summed E-state index contributed by atoms with van der Waals surface area (Å²) in [7, 11) is 1.67. The van der Waals surface area contributed by atoms with Crippen LogP contribution in [0.15, 0.2) is 18.2 Å². The Morgan fingerprint density at radius 2 is 2.14 bits per heavy atom. The summed E-state index contributed by atoms with van der Waals surface area (Å²) >= 11 is 0. The average Bonchev–Trinajstić information content (AvgIpc) is 2.85. The molecule has 21 heavy (non-hydrogen) atoms. The molecule has 1 fully saturated rings. The van der Waals surface area contributed by atoms with E-state index in [0.29, 0.717) is 19.4 Å². The Kier molecular flexibility index (Phi) is 3.45. The molecule has 2 aliphatic rings. The summed E-state index contributed by atoms with van der Waals surface area (Å²) in [5, 5.41) is 9.02. The molecule has 1 amide bonds. The summed E-state index contributed by atoms with van der Waals surface area (Å²) in [6.45, 7) is 0.622.